The zero-order chi connectivity index (χ0) is 21.5. The number of nitrogens with zero attached hydrogens (tertiary/aromatic N) is 1. The molecule has 1 fully saturated rings. The smallest absolute Gasteiger partial charge is 0.123 e. The van der Waals surface area contributed by atoms with Crippen LogP contribution in [0.15, 0.2) is 54.6 Å². The number of rotatable bonds is 9. The van der Waals surface area contributed by atoms with Crippen molar-refractivity contribution in [3.63, 3.8) is 0 Å². The highest BCUT2D eigenvalue weighted by atomic mass is 16.5. The molecule has 0 amide bonds. The number of ether oxygens (including phenoxy) is 3. The number of phenols is 1. The van der Waals surface area contributed by atoms with Crippen molar-refractivity contribution < 1.29 is 24.4 Å². The molecule has 2 N–H and O–H groups in total. The van der Waals surface area contributed by atoms with Gasteiger partial charge in [0.25, 0.3) is 0 Å². The second kappa shape index (κ2) is 10.5. The van der Waals surface area contributed by atoms with Crippen LogP contribution in [-0.2, 0) is 11.2 Å². The van der Waals surface area contributed by atoms with Crippen molar-refractivity contribution in [1.29, 1.82) is 0 Å². The van der Waals surface area contributed by atoms with Crippen molar-refractivity contribution in [2.75, 3.05) is 52.7 Å². The Balaban J connectivity index is 1.45. The number of hydrogen-bond donors (Lipinski definition) is 2. The molecule has 1 aliphatic rings. The Hall–Kier alpha value is -2.80. The SMILES string of the molecule is OCCOc1ccc2cc(O)ccc2c1Cc1ccc(OCCN2CCOCC2)cc1. The second-order valence-corrected chi connectivity index (χ2v) is 7.64. The van der Waals surface area contributed by atoms with E-state index in [4.69, 9.17) is 19.3 Å². The highest BCUT2D eigenvalue weighted by Gasteiger charge is 2.12. The van der Waals surface area contributed by atoms with E-state index in [1.807, 2.05) is 30.3 Å². The number of aliphatic hydroxyl groups excluding tert-OH is 1. The van der Waals surface area contributed by atoms with E-state index in [1.54, 1.807) is 12.1 Å². The van der Waals surface area contributed by atoms with Crippen molar-refractivity contribution in [3.8, 4) is 17.2 Å². The zero-order valence-electron chi connectivity index (χ0n) is 17.6. The zero-order valence-corrected chi connectivity index (χ0v) is 17.6. The largest absolute Gasteiger partial charge is 0.508 e. The lowest BCUT2D eigenvalue weighted by Gasteiger charge is -2.26. The van der Waals surface area contributed by atoms with E-state index in [0.717, 1.165) is 66.2 Å². The van der Waals surface area contributed by atoms with Crippen LogP contribution in [0.25, 0.3) is 10.8 Å². The Morgan fingerprint density at radius 2 is 1.71 bits per heavy atom. The maximum atomic E-state index is 9.82. The maximum Gasteiger partial charge on any atom is 0.123 e. The minimum Gasteiger partial charge on any atom is -0.508 e. The van der Waals surface area contributed by atoms with Gasteiger partial charge in [-0.3, -0.25) is 4.90 Å². The van der Waals surface area contributed by atoms with Crippen molar-refractivity contribution in [2.24, 2.45) is 0 Å². The molecule has 1 saturated heterocycles. The summed E-state index contributed by atoms with van der Waals surface area (Å²) in [6, 6.07) is 17.3. The van der Waals surface area contributed by atoms with Gasteiger partial charge in [-0.1, -0.05) is 24.3 Å². The Labute approximate surface area is 182 Å². The summed E-state index contributed by atoms with van der Waals surface area (Å²) >= 11 is 0. The lowest BCUT2D eigenvalue weighted by atomic mass is 9.97. The van der Waals surface area contributed by atoms with Gasteiger partial charge in [-0.25, -0.2) is 0 Å². The van der Waals surface area contributed by atoms with Crippen molar-refractivity contribution in [3.05, 3.63) is 65.7 Å². The molecule has 0 bridgehead atoms. The van der Waals surface area contributed by atoms with Crippen molar-refractivity contribution in [1.82, 2.24) is 4.90 Å². The van der Waals surface area contributed by atoms with Crippen LogP contribution in [0.5, 0.6) is 17.2 Å². The summed E-state index contributed by atoms with van der Waals surface area (Å²) in [5.41, 5.74) is 2.17. The van der Waals surface area contributed by atoms with Gasteiger partial charge < -0.3 is 24.4 Å². The minimum atomic E-state index is -0.0382. The molecule has 31 heavy (non-hydrogen) atoms. The van der Waals surface area contributed by atoms with Gasteiger partial charge in [-0.15, -0.1) is 0 Å². The fraction of sp³-hybridized carbons (Fsp3) is 0.360. The predicted octanol–water partition coefficient (Wildman–Crippen LogP) is 3.22. The van der Waals surface area contributed by atoms with Gasteiger partial charge in [-0.05, 0) is 46.7 Å². The lowest BCUT2D eigenvalue weighted by molar-refractivity contribution is 0.0322. The third-order valence-electron chi connectivity index (χ3n) is 5.51. The number of fused-ring (bicyclic) bond motifs is 1. The molecule has 1 aliphatic heterocycles. The molecule has 6 nitrogen and oxygen atoms in total. The van der Waals surface area contributed by atoms with Crippen molar-refractivity contribution in [2.45, 2.75) is 6.42 Å². The van der Waals surface area contributed by atoms with Gasteiger partial charge in [0, 0.05) is 31.6 Å². The number of aromatic hydroxyl groups is 1. The molecule has 4 rings (SSSR count). The first kappa shape index (κ1) is 21.4. The monoisotopic (exact) mass is 423 g/mol. The first-order valence-electron chi connectivity index (χ1n) is 10.7. The molecule has 1 heterocycles. The number of phenolic OH excluding ortho intramolecular Hbond substituents is 1. The molecule has 0 spiro atoms. The Bertz CT molecular complexity index is 983. The summed E-state index contributed by atoms with van der Waals surface area (Å²) in [6.07, 6.45) is 0.678. The molecule has 0 unspecified atom stereocenters. The third-order valence-corrected chi connectivity index (χ3v) is 5.51. The lowest BCUT2D eigenvalue weighted by Crippen LogP contribution is -2.38. The quantitative estimate of drug-likeness (QED) is 0.551. The van der Waals surface area contributed by atoms with Gasteiger partial charge >= 0.3 is 0 Å². The van der Waals surface area contributed by atoms with Gasteiger partial charge in [0.1, 0.15) is 30.5 Å². The van der Waals surface area contributed by atoms with Crippen LogP contribution < -0.4 is 9.47 Å². The Morgan fingerprint density at radius 3 is 2.48 bits per heavy atom. The molecular weight excluding hydrogens is 394 g/mol. The average Bonchev–Trinajstić information content (AvgIpc) is 2.80. The molecule has 6 heteroatoms. The van der Waals surface area contributed by atoms with Crippen LogP contribution in [0, 0.1) is 0 Å². The molecule has 0 saturated carbocycles. The molecule has 0 aromatic heterocycles. The summed E-state index contributed by atoms with van der Waals surface area (Å²) < 4.78 is 17.1. The fourth-order valence-corrected chi connectivity index (χ4v) is 3.86. The van der Waals surface area contributed by atoms with Crippen LogP contribution in [0.1, 0.15) is 11.1 Å². The molecule has 0 aliphatic carbocycles. The van der Waals surface area contributed by atoms with E-state index in [1.165, 1.54) is 0 Å². The standard InChI is InChI=1S/C25H29NO5/c27-12-16-31-25-8-3-20-18-21(28)4-7-23(20)24(25)17-19-1-5-22(6-2-19)30-15-11-26-9-13-29-14-10-26/h1-8,18,27-28H,9-17H2. The van der Waals surface area contributed by atoms with Crippen molar-refractivity contribution >= 4 is 10.8 Å². The highest BCUT2D eigenvalue weighted by Crippen LogP contribution is 2.32. The normalized spacial score (nSPS) is 14.6. The van der Waals surface area contributed by atoms with Crippen LogP contribution >= 0.6 is 0 Å². The molecular formula is C25H29NO5. The molecule has 3 aromatic carbocycles. The number of morpholine rings is 1. The second-order valence-electron chi connectivity index (χ2n) is 7.64. The van der Waals surface area contributed by atoms with E-state index in [-0.39, 0.29) is 19.0 Å². The summed E-state index contributed by atoms with van der Waals surface area (Å²) in [7, 11) is 0. The minimum absolute atomic E-state index is 0.0382. The van der Waals surface area contributed by atoms with E-state index in [0.29, 0.717) is 13.0 Å². The van der Waals surface area contributed by atoms with Crippen LogP contribution in [0.2, 0.25) is 0 Å². The molecule has 164 valence electrons. The maximum absolute atomic E-state index is 9.82. The fourth-order valence-electron chi connectivity index (χ4n) is 3.86. The van der Waals surface area contributed by atoms with Crippen LogP contribution in [0.4, 0.5) is 0 Å². The average molecular weight is 424 g/mol. The van der Waals surface area contributed by atoms with Crippen LogP contribution in [0.3, 0.4) is 0 Å². The summed E-state index contributed by atoms with van der Waals surface area (Å²) in [4.78, 5) is 2.35. The van der Waals surface area contributed by atoms with E-state index in [2.05, 4.69) is 17.0 Å². The first-order chi connectivity index (χ1) is 15.2. The first-order valence-corrected chi connectivity index (χ1v) is 10.7. The number of aliphatic hydroxyl groups is 1. The molecule has 3 aromatic rings. The molecule has 0 radical (unpaired) electrons. The van der Waals surface area contributed by atoms with Gasteiger partial charge in [0.05, 0.1) is 19.8 Å². The summed E-state index contributed by atoms with van der Waals surface area (Å²) in [5, 5.41) is 21.0. The Kier molecular flexibility index (Phi) is 7.25. The topological polar surface area (TPSA) is 71.4 Å². The highest BCUT2D eigenvalue weighted by molar-refractivity contribution is 5.89. The number of benzene rings is 3. The van der Waals surface area contributed by atoms with Gasteiger partial charge in [0.2, 0.25) is 0 Å². The van der Waals surface area contributed by atoms with Gasteiger partial charge in [-0.2, -0.15) is 0 Å². The molecule has 0 atom stereocenters. The summed E-state index contributed by atoms with van der Waals surface area (Å²) in [6.45, 7) is 5.29. The summed E-state index contributed by atoms with van der Waals surface area (Å²) in [5.74, 6) is 1.84. The van der Waals surface area contributed by atoms with E-state index in [9.17, 15) is 5.11 Å². The predicted molar refractivity (Wildman–Crippen MR) is 120 cm³/mol. The Morgan fingerprint density at radius 1 is 0.903 bits per heavy atom. The van der Waals surface area contributed by atoms with Gasteiger partial charge in [0.15, 0.2) is 0 Å². The van der Waals surface area contributed by atoms with E-state index >= 15 is 0 Å². The van der Waals surface area contributed by atoms with E-state index < -0.39 is 0 Å². The third kappa shape index (κ3) is 5.67. The van der Waals surface area contributed by atoms with Crippen LogP contribution in [-0.4, -0.2) is 67.8 Å². The number of hydrogen-bond acceptors (Lipinski definition) is 6.